The second kappa shape index (κ2) is 12.2. The van der Waals surface area contributed by atoms with Crippen molar-refractivity contribution in [3.05, 3.63) is 35.9 Å². The van der Waals surface area contributed by atoms with Crippen molar-refractivity contribution < 1.29 is 23.2 Å². The van der Waals surface area contributed by atoms with E-state index in [1.807, 2.05) is 32.0 Å². The highest BCUT2D eigenvalue weighted by Gasteiger charge is 2.60. The van der Waals surface area contributed by atoms with Crippen LogP contribution in [-0.2, 0) is 18.4 Å². The highest BCUT2D eigenvalue weighted by atomic mass is 31.2. The Hall–Kier alpha value is -2.02. The average molecular weight is 602 g/mol. The summed E-state index contributed by atoms with van der Waals surface area (Å²) in [6.07, 6.45) is 4.25. The van der Waals surface area contributed by atoms with E-state index >= 15 is 0 Å². The van der Waals surface area contributed by atoms with E-state index in [-0.39, 0.29) is 47.4 Å². The number of rotatable bonds is 11. The number of hydrogen-bond donors (Lipinski definition) is 0. The van der Waals surface area contributed by atoms with Crippen LogP contribution in [0, 0.1) is 22.2 Å². The lowest BCUT2D eigenvalue weighted by molar-refractivity contribution is -0.129. The van der Waals surface area contributed by atoms with Crippen molar-refractivity contribution in [2.75, 3.05) is 20.3 Å². The third-order valence-corrected chi connectivity index (χ3v) is 12.7. The van der Waals surface area contributed by atoms with Crippen LogP contribution in [0.15, 0.2) is 35.3 Å². The summed E-state index contributed by atoms with van der Waals surface area (Å²) in [6, 6.07) is 8.55. The topological polar surface area (TPSA) is 88.5 Å². The van der Waals surface area contributed by atoms with Crippen LogP contribution in [0.4, 0.5) is 0 Å². The first-order valence-corrected chi connectivity index (χ1v) is 17.3. The van der Waals surface area contributed by atoms with Gasteiger partial charge in [0.1, 0.15) is 12.2 Å². The van der Waals surface area contributed by atoms with Gasteiger partial charge in [-0.1, -0.05) is 59.7 Å². The SMILES string of the molecule is CCOP(=O)(OCC)[C@H](CCC[C@@H]1C(=O)N(C)[C@@H](C(C)(C)C)N1C(=O)c1ccccc1)/N=C1\C[C@@H]2CC[C@@]1(C)C2(C)C. The number of carbonyl (C=O) groups is 2. The molecule has 3 fully saturated rings. The summed E-state index contributed by atoms with van der Waals surface area (Å²) in [5.74, 6) is -0.298. The maximum atomic E-state index is 14.2. The van der Waals surface area contributed by atoms with Crippen LogP contribution < -0.4 is 0 Å². The molecule has 1 saturated heterocycles. The highest BCUT2D eigenvalue weighted by molar-refractivity contribution is 7.54. The molecule has 2 bridgehead atoms. The van der Waals surface area contributed by atoms with E-state index in [4.69, 9.17) is 14.0 Å². The van der Waals surface area contributed by atoms with Gasteiger partial charge in [0.25, 0.3) is 5.91 Å². The minimum Gasteiger partial charge on any atom is -0.323 e. The van der Waals surface area contributed by atoms with Crippen molar-refractivity contribution in [2.24, 2.45) is 27.2 Å². The zero-order valence-corrected chi connectivity index (χ0v) is 28.1. The molecule has 234 valence electrons. The maximum Gasteiger partial charge on any atom is 0.354 e. The van der Waals surface area contributed by atoms with Crippen LogP contribution in [-0.4, -0.2) is 65.6 Å². The van der Waals surface area contributed by atoms with Gasteiger partial charge in [0.15, 0.2) is 5.78 Å². The Morgan fingerprint density at radius 2 is 1.74 bits per heavy atom. The number of carbonyl (C=O) groups excluding carboxylic acids is 2. The number of hydrogen-bond acceptors (Lipinski definition) is 6. The van der Waals surface area contributed by atoms with Gasteiger partial charge in [0.05, 0.1) is 13.2 Å². The number of benzene rings is 1. The van der Waals surface area contributed by atoms with Gasteiger partial charge >= 0.3 is 7.60 Å². The molecule has 0 aromatic heterocycles. The molecule has 1 heterocycles. The second-order valence-corrected chi connectivity index (χ2v) is 16.3. The fourth-order valence-electron chi connectivity index (χ4n) is 7.73. The van der Waals surface area contributed by atoms with E-state index in [1.165, 1.54) is 6.42 Å². The van der Waals surface area contributed by atoms with Crippen LogP contribution in [0.2, 0.25) is 0 Å². The normalized spacial score (nSPS) is 29.1. The lowest BCUT2D eigenvalue weighted by Crippen LogP contribution is -2.50. The average Bonchev–Trinajstić information content (AvgIpc) is 3.39. The number of amides is 2. The summed E-state index contributed by atoms with van der Waals surface area (Å²) >= 11 is 0. The predicted molar refractivity (Wildman–Crippen MR) is 168 cm³/mol. The van der Waals surface area contributed by atoms with Gasteiger partial charge in [0, 0.05) is 29.2 Å². The lowest BCUT2D eigenvalue weighted by Gasteiger charge is -2.39. The fourth-order valence-corrected chi connectivity index (χ4v) is 9.65. The molecule has 8 nitrogen and oxygen atoms in total. The van der Waals surface area contributed by atoms with Crippen molar-refractivity contribution >= 4 is 25.1 Å². The van der Waals surface area contributed by atoms with E-state index in [0.717, 1.165) is 18.6 Å². The summed E-state index contributed by atoms with van der Waals surface area (Å²) in [6.45, 7) is 17.3. The summed E-state index contributed by atoms with van der Waals surface area (Å²) in [5.41, 5.74) is 1.44. The smallest absolute Gasteiger partial charge is 0.323 e. The second-order valence-electron chi connectivity index (χ2n) is 14.1. The highest BCUT2D eigenvalue weighted by Crippen LogP contribution is 2.65. The van der Waals surface area contributed by atoms with E-state index in [2.05, 4.69) is 41.5 Å². The molecule has 3 aliphatic rings. The molecule has 2 saturated carbocycles. The van der Waals surface area contributed by atoms with Crippen LogP contribution in [0.25, 0.3) is 0 Å². The van der Waals surface area contributed by atoms with Crippen LogP contribution in [0.5, 0.6) is 0 Å². The quantitative estimate of drug-likeness (QED) is 0.247. The Labute approximate surface area is 253 Å². The Morgan fingerprint density at radius 1 is 1.12 bits per heavy atom. The lowest BCUT2D eigenvalue weighted by atomic mass is 9.70. The fraction of sp³-hybridized carbons (Fsp3) is 0.727. The molecule has 9 heteroatoms. The van der Waals surface area contributed by atoms with E-state index in [9.17, 15) is 14.2 Å². The first-order chi connectivity index (χ1) is 19.6. The van der Waals surface area contributed by atoms with E-state index in [1.54, 1.807) is 29.0 Å². The molecule has 42 heavy (non-hydrogen) atoms. The Balaban J connectivity index is 1.62. The zero-order valence-electron chi connectivity index (χ0n) is 27.2. The molecular weight excluding hydrogens is 549 g/mol. The molecule has 0 radical (unpaired) electrons. The van der Waals surface area contributed by atoms with Gasteiger partial charge in [-0.25, -0.2) is 0 Å². The number of likely N-dealkylation sites (N-methyl/N-ethyl adjacent to an activating group) is 1. The summed E-state index contributed by atoms with van der Waals surface area (Å²) in [5, 5.41) is 0. The molecule has 5 atom stereocenters. The Kier molecular flexibility index (Phi) is 9.53. The van der Waals surface area contributed by atoms with Gasteiger partial charge in [0.2, 0.25) is 5.91 Å². The molecule has 0 N–H and O–H groups in total. The van der Waals surface area contributed by atoms with Gasteiger partial charge in [-0.05, 0) is 75.8 Å². The molecule has 0 unspecified atom stereocenters. The van der Waals surface area contributed by atoms with Crippen molar-refractivity contribution in [3.63, 3.8) is 0 Å². The van der Waals surface area contributed by atoms with Crippen LogP contribution in [0.3, 0.4) is 0 Å². The molecule has 1 aromatic rings. The Morgan fingerprint density at radius 3 is 2.24 bits per heavy atom. The van der Waals surface area contributed by atoms with Crippen molar-refractivity contribution in [3.8, 4) is 0 Å². The van der Waals surface area contributed by atoms with Gasteiger partial charge in [-0.2, -0.15) is 0 Å². The van der Waals surface area contributed by atoms with Crippen LogP contribution >= 0.6 is 7.60 Å². The largest absolute Gasteiger partial charge is 0.354 e. The molecule has 0 spiro atoms. The zero-order chi connectivity index (χ0) is 31.1. The standard InChI is InChI=1S/C33H52N3O5P/c1-10-40-42(39,41-11-2)27(34-26-22-24-20-21-33(26,8)32(24,6)7)19-15-18-25-29(38)35(9)30(31(3,4)5)36(25)28(37)23-16-13-12-14-17-23/h12-14,16-17,24-25,27,30H,10-11,15,18-22H2,1-9H3/b34-26+/t24-,25+,27+,30+,33+/m0/s1. The number of nitrogens with zero attached hydrogens (tertiary/aromatic N) is 3. The summed E-state index contributed by atoms with van der Waals surface area (Å²) in [4.78, 5) is 36.2. The maximum absolute atomic E-state index is 14.2. The van der Waals surface area contributed by atoms with Gasteiger partial charge < -0.3 is 18.8 Å². The molecular formula is C33H52N3O5P. The minimum atomic E-state index is -3.55. The van der Waals surface area contributed by atoms with E-state index in [0.29, 0.717) is 30.7 Å². The van der Waals surface area contributed by atoms with Crippen molar-refractivity contribution in [2.45, 2.75) is 112 Å². The molecule has 1 aliphatic heterocycles. The summed E-state index contributed by atoms with van der Waals surface area (Å²) < 4.78 is 25.8. The monoisotopic (exact) mass is 601 g/mol. The van der Waals surface area contributed by atoms with Crippen molar-refractivity contribution in [1.82, 2.24) is 9.80 Å². The molecule has 4 rings (SSSR count). The number of fused-ring (bicyclic) bond motifs is 2. The Bertz CT molecular complexity index is 1220. The molecule has 2 aliphatic carbocycles. The third kappa shape index (κ3) is 5.76. The molecule has 2 amide bonds. The third-order valence-electron chi connectivity index (χ3n) is 10.4. The van der Waals surface area contributed by atoms with Crippen LogP contribution in [0.1, 0.15) is 104 Å². The predicted octanol–water partition coefficient (Wildman–Crippen LogP) is 7.39. The first kappa shape index (κ1) is 32.9. The first-order valence-electron chi connectivity index (χ1n) is 15.7. The van der Waals surface area contributed by atoms with Gasteiger partial charge in [-0.3, -0.25) is 19.1 Å². The molecule has 1 aromatic carbocycles. The van der Waals surface area contributed by atoms with Crippen molar-refractivity contribution in [1.29, 1.82) is 0 Å². The number of aliphatic imine (C=N–C) groups is 1. The summed E-state index contributed by atoms with van der Waals surface area (Å²) in [7, 11) is -1.76. The van der Waals surface area contributed by atoms with E-state index < -0.39 is 19.4 Å². The van der Waals surface area contributed by atoms with Gasteiger partial charge in [-0.15, -0.1) is 0 Å². The minimum absolute atomic E-state index is 0.0395.